The van der Waals surface area contributed by atoms with Gasteiger partial charge in [0.2, 0.25) is 11.7 Å². The number of hydrogen-bond acceptors (Lipinski definition) is 8. The molecule has 0 aliphatic rings. The number of benzene rings is 2. The van der Waals surface area contributed by atoms with Crippen LogP contribution in [0.3, 0.4) is 0 Å². The third kappa shape index (κ3) is 4.66. The zero-order valence-electron chi connectivity index (χ0n) is 18.4. The molecule has 2 aromatic carbocycles. The second-order valence-electron chi connectivity index (χ2n) is 6.89. The van der Waals surface area contributed by atoms with Crippen molar-refractivity contribution in [1.29, 1.82) is 0 Å². The van der Waals surface area contributed by atoms with Gasteiger partial charge >= 0.3 is 5.69 Å². The van der Waals surface area contributed by atoms with Crippen LogP contribution in [0.15, 0.2) is 63.5 Å². The molecule has 2 heterocycles. The maximum absolute atomic E-state index is 13.5. The number of nitrogens with zero attached hydrogens (tertiary/aromatic N) is 4. The van der Waals surface area contributed by atoms with Gasteiger partial charge in [0.05, 0.1) is 21.3 Å². The number of rotatable bonds is 8. The lowest BCUT2D eigenvalue weighted by Crippen LogP contribution is -2.28. The van der Waals surface area contributed by atoms with E-state index < -0.39 is 11.6 Å². The van der Waals surface area contributed by atoms with Gasteiger partial charge in [0.15, 0.2) is 17.1 Å². The summed E-state index contributed by atoms with van der Waals surface area (Å²) in [5, 5.41) is 7.36. The Morgan fingerprint density at radius 3 is 2.50 bits per heavy atom. The summed E-state index contributed by atoms with van der Waals surface area (Å²) in [4.78, 5) is 30.3. The number of fused-ring (bicyclic) bond motifs is 1. The van der Waals surface area contributed by atoms with Crippen molar-refractivity contribution in [3.63, 3.8) is 0 Å². The van der Waals surface area contributed by atoms with Crippen LogP contribution in [0.25, 0.3) is 5.65 Å². The first-order chi connectivity index (χ1) is 16.4. The zero-order chi connectivity index (χ0) is 24.2. The number of ether oxygens (including phenoxy) is 3. The molecular formula is C22H20FN5O5S. The molecule has 0 bridgehead atoms. The fourth-order valence-electron chi connectivity index (χ4n) is 3.23. The summed E-state index contributed by atoms with van der Waals surface area (Å²) in [5.41, 5.74) is 0.126. The molecule has 0 aliphatic carbocycles. The molecule has 176 valence electrons. The Morgan fingerprint density at radius 2 is 1.85 bits per heavy atom. The second kappa shape index (κ2) is 9.83. The first-order valence-corrected chi connectivity index (χ1v) is 10.7. The smallest absolute Gasteiger partial charge is 0.350 e. The molecule has 10 nitrogen and oxygen atoms in total. The molecule has 0 spiro atoms. The van der Waals surface area contributed by atoms with Gasteiger partial charge in [0.25, 0.3) is 0 Å². The number of carbonyl (C=O) groups is 1. The maximum Gasteiger partial charge on any atom is 0.350 e. The van der Waals surface area contributed by atoms with Crippen LogP contribution in [0.5, 0.6) is 17.2 Å². The van der Waals surface area contributed by atoms with Crippen molar-refractivity contribution in [2.75, 3.05) is 26.6 Å². The minimum atomic E-state index is -0.515. The monoisotopic (exact) mass is 485 g/mol. The summed E-state index contributed by atoms with van der Waals surface area (Å²) in [6, 6.07) is 9.14. The minimum absolute atomic E-state index is 0.252. The first-order valence-electron chi connectivity index (χ1n) is 9.91. The van der Waals surface area contributed by atoms with E-state index in [2.05, 4.69) is 15.4 Å². The van der Waals surface area contributed by atoms with Gasteiger partial charge in [-0.2, -0.15) is 0 Å². The number of hydrogen-bond donors (Lipinski definition) is 1. The molecular weight excluding hydrogens is 465 g/mol. The first kappa shape index (κ1) is 23.1. The van der Waals surface area contributed by atoms with Gasteiger partial charge < -0.3 is 19.5 Å². The standard InChI is InChI=1S/C22H20FN5O5S/c1-31-16-10-14(11-17(32-2)19(16)33-3)25-18(29)12-28-22(30)27-8-7-24-21(20(27)26-28)34-15-6-4-5-13(23)9-15/h4-11H,12H2,1-3H3,(H,25,29). The third-order valence-corrected chi connectivity index (χ3v) is 5.69. The van der Waals surface area contributed by atoms with Crippen molar-refractivity contribution in [2.45, 2.75) is 16.5 Å². The second-order valence-corrected chi connectivity index (χ2v) is 7.95. The molecule has 12 heteroatoms. The number of halogens is 1. The number of nitrogens with one attached hydrogen (secondary N) is 1. The Morgan fingerprint density at radius 1 is 1.12 bits per heavy atom. The van der Waals surface area contributed by atoms with Crippen molar-refractivity contribution in [2.24, 2.45) is 0 Å². The number of amides is 1. The van der Waals surface area contributed by atoms with E-state index in [1.165, 1.54) is 50.3 Å². The van der Waals surface area contributed by atoms with Gasteiger partial charge in [-0.05, 0) is 18.2 Å². The van der Waals surface area contributed by atoms with Crippen LogP contribution in [0.2, 0.25) is 0 Å². The van der Waals surface area contributed by atoms with Crippen molar-refractivity contribution in [3.05, 3.63) is 65.1 Å². The van der Waals surface area contributed by atoms with E-state index >= 15 is 0 Å². The van der Waals surface area contributed by atoms with Gasteiger partial charge in [-0.1, -0.05) is 17.8 Å². The number of carbonyl (C=O) groups excluding carboxylic acids is 1. The Balaban J connectivity index is 1.58. The lowest BCUT2D eigenvalue weighted by Gasteiger charge is -2.14. The summed E-state index contributed by atoms with van der Waals surface area (Å²) in [6.07, 6.45) is 2.89. The average Bonchev–Trinajstić information content (AvgIpc) is 3.14. The zero-order valence-corrected chi connectivity index (χ0v) is 19.3. The third-order valence-electron chi connectivity index (χ3n) is 4.72. The number of methoxy groups -OCH3 is 3. The van der Waals surface area contributed by atoms with Gasteiger partial charge in [-0.3, -0.25) is 4.79 Å². The van der Waals surface area contributed by atoms with Crippen LogP contribution in [-0.4, -0.2) is 46.4 Å². The number of aromatic nitrogens is 4. The van der Waals surface area contributed by atoms with Gasteiger partial charge in [-0.15, -0.1) is 5.10 Å². The molecule has 0 fully saturated rings. The van der Waals surface area contributed by atoms with Crippen LogP contribution in [0.1, 0.15) is 0 Å². The number of anilines is 1. The van der Waals surface area contributed by atoms with Crippen LogP contribution in [0.4, 0.5) is 10.1 Å². The lowest BCUT2D eigenvalue weighted by atomic mass is 10.2. The largest absolute Gasteiger partial charge is 0.493 e. The average molecular weight is 485 g/mol. The fraction of sp³-hybridized carbons (Fsp3) is 0.182. The minimum Gasteiger partial charge on any atom is -0.493 e. The summed E-state index contributed by atoms with van der Waals surface area (Å²) in [5.74, 6) is 0.241. The van der Waals surface area contributed by atoms with Crippen molar-refractivity contribution in [3.8, 4) is 17.2 Å². The normalized spacial score (nSPS) is 10.8. The molecule has 0 radical (unpaired) electrons. The maximum atomic E-state index is 13.5. The highest BCUT2D eigenvalue weighted by Crippen LogP contribution is 2.39. The van der Waals surface area contributed by atoms with E-state index in [-0.39, 0.29) is 18.0 Å². The molecule has 34 heavy (non-hydrogen) atoms. The van der Waals surface area contributed by atoms with E-state index in [0.29, 0.717) is 32.9 Å². The van der Waals surface area contributed by atoms with Crippen molar-refractivity contribution in [1.82, 2.24) is 19.2 Å². The van der Waals surface area contributed by atoms with Gasteiger partial charge in [0.1, 0.15) is 17.4 Å². The van der Waals surface area contributed by atoms with E-state index in [9.17, 15) is 14.0 Å². The van der Waals surface area contributed by atoms with E-state index in [1.54, 1.807) is 24.3 Å². The van der Waals surface area contributed by atoms with Crippen LogP contribution in [0, 0.1) is 5.82 Å². The highest BCUT2D eigenvalue weighted by molar-refractivity contribution is 7.99. The summed E-state index contributed by atoms with van der Waals surface area (Å²) >= 11 is 1.16. The molecule has 0 saturated heterocycles. The van der Waals surface area contributed by atoms with Crippen LogP contribution >= 0.6 is 11.8 Å². The van der Waals surface area contributed by atoms with Gasteiger partial charge in [-0.25, -0.2) is 23.3 Å². The van der Waals surface area contributed by atoms with E-state index in [4.69, 9.17) is 14.2 Å². The summed E-state index contributed by atoms with van der Waals surface area (Å²) < 4.78 is 31.7. The Bertz CT molecular complexity index is 1400. The lowest BCUT2D eigenvalue weighted by molar-refractivity contribution is -0.117. The highest BCUT2D eigenvalue weighted by atomic mass is 32.2. The summed E-state index contributed by atoms with van der Waals surface area (Å²) in [7, 11) is 4.41. The topological polar surface area (TPSA) is 109 Å². The quantitative estimate of drug-likeness (QED) is 0.406. The molecule has 0 atom stereocenters. The van der Waals surface area contributed by atoms with Crippen LogP contribution in [-0.2, 0) is 11.3 Å². The molecule has 1 amide bonds. The highest BCUT2D eigenvalue weighted by Gasteiger charge is 2.17. The van der Waals surface area contributed by atoms with Crippen molar-refractivity contribution >= 4 is 29.0 Å². The van der Waals surface area contributed by atoms with Crippen molar-refractivity contribution < 1.29 is 23.4 Å². The van der Waals surface area contributed by atoms with E-state index in [0.717, 1.165) is 16.4 Å². The molecule has 4 aromatic rings. The Labute approximate surface area is 197 Å². The SMILES string of the molecule is COc1cc(NC(=O)Cn2nc3c(Sc4cccc(F)c4)nccn3c2=O)cc(OC)c1OC. The molecule has 0 aliphatic heterocycles. The fourth-order valence-corrected chi connectivity index (χ4v) is 4.12. The Hall–Kier alpha value is -4.06. The Kier molecular flexibility index (Phi) is 6.68. The molecule has 0 unspecified atom stereocenters. The molecule has 1 N–H and O–H groups in total. The van der Waals surface area contributed by atoms with Crippen LogP contribution < -0.4 is 25.2 Å². The predicted molar refractivity (Wildman–Crippen MR) is 122 cm³/mol. The molecule has 2 aromatic heterocycles. The summed E-state index contributed by atoms with van der Waals surface area (Å²) in [6.45, 7) is -0.346. The van der Waals surface area contributed by atoms with E-state index in [1.807, 2.05) is 0 Å². The molecule has 4 rings (SSSR count). The molecule has 0 saturated carbocycles. The predicted octanol–water partition coefficient (Wildman–Crippen LogP) is 2.85. The van der Waals surface area contributed by atoms with Gasteiger partial charge in [0, 0.05) is 35.1 Å².